The number of pyridine rings is 1. The van der Waals surface area contributed by atoms with E-state index in [0.29, 0.717) is 55.9 Å². The normalized spacial score (nSPS) is 20.4. The van der Waals surface area contributed by atoms with E-state index in [1.165, 1.54) is 6.07 Å². The smallest absolute Gasteiger partial charge is 0.230 e. The standard InChI is InChI=1S/C46H48FN9O5/c47-30-9-5-8-29(26-30)36-11-7-21-55(36)40-18-17-38-49-28-37(56(38)52-40)35-10-6-12-39(50-35)53-22-24-54(25-23-53)42(58)13-3-1-2-4-20-48-31-14-15-32-34(27-31)45(60)43(44(32)59)33-16-19-41(57)51-46(33)61/h5-6,8-10,12,14-15,17-18,26-28,33,36,43,48H,1-4,7,11,13,16,19-25H2,(H,51,57,61). The first kappa shape index (κ1) is 39.9. The van der Waals surface area contributed by atoms with Crippen molar-refractivity contribution in [1.29, 1.82) is 0 Å². The number of nitrogens with one attached hydrogen (secondary N) is 2. The summed E-state index contributed by atoms with van der Waals surface area (Å²) >= 11 is 0. The number of halogens is 1. The molecule has 9 rings (SSSR count). The minimum Gasteiger partial charge on any atom is -0.385 e. The van der Waals surface area contributed by atoms with Gasteiger partial charge < -0.3 is 20.0 Å². The molecule has 2 aromatic carbocycles. The molecule has 2 N–H and O–H groups in total. The molecule has 3 atom stereocenters. The number of anilines is 3. The van der Waals surface area contributed by atoms with E-state index in [0.717, 1.165) is 79.3 Å². The number of unbranched alkanes of at least 4 members (excludes halogenated alkanes) is 3. The summed E-state index contributed by atoms with van der Waals surface area (Å²) in [5, 5.41) is 10.6. The van der Waals surface area contributed by atoms with E-state index in [4.69, 9.17) is 10.1 Å². The van der Waals surface area contributed by atoms with Crippen LogP contribution in [0.25, 0.3) is 17.0 Å². The third-order valence-corrected chi connectivity index (χ3v) is 12.5. The van der Waals surface area contributed by atoms with E-state index in [1.54, 1.807) is 36.5 Å². The molecule has 0 saturated carbocycles. The van der Waals surface area contributed by atoms with Crippen molar-refractivity contribution < 1.29 is 28.4 Å². The van der Waals surface area contributed by atoms with Gasteiger partial charge in [-0.25, -0.2) is 18.9 Å². The third-order valence-electron chi connectivity index (χ3n) is 12.5. The van der Waals surface area contributed by atoms with E-state index in [-0.39, 0.29) is 48.1 Å². The highest BCUT2D eigenvalue weighted by Gasteiger charge is 2.47. The van der Waals surface area contributed by atoms with E-state index in [2.05, 4.69) is 25.4 Å². The molecule has 3 saturated heterocycles. The summed E-state index contributed by atoms with van der Waals surface area (Å²) in [6.07, 6.45) is 8.06. The maximum Gasteiger partial charge on any atom is 0.230 e. The number of rotatable bonds is 13. The number of imide groups is 1. The van der Waals surface area contributed by atoms with Gasteiger partial charge in [0.05, 0.1) is 29.8 Å². The number of nitrogens with zero attached hydrogens (tertiary/aromatic N) is 7. The first-order chi connectivity index (χ1) is 29.7. The van der Waals surface area contributed by atoms with Crippen LogP contribution in [0, 0.1) is 17.7 Å². The van der Waals surface area contributed by atoms with Crippen molar-refractivity contribution in [3.63, 3.8) is 0 Å². The molecule has 61 heavy (non-hydrogen) atoms. The molecule has 3 unspecified atom stereocenters. The Bertz CT molecular complexity index is 2520. The van der Waals surface area contributed by atoms with Crippen LogP contribution < -0.4 is 20.4 Å². The van der Waals surface area contributed by atoms with Crippen LogP contribution in [-0.4, -0.2) is 93.0 Å². The number of ketones is 2. The molecule has 15 heteroatoms. The molecule has 3 aliphatic heterocycles. The molecule has 3 fully saturated rings. The zero-order valence-electron chi connectivity index (χ0n) is 33.9. The molecule has 6 heterocycles. The lowest BCUT2D eigenvalue weighted by atomic mass is 9.82. The summed E-state index contributed by atoms with van der Waals surface area (Å²) in [7, 11) is 0. The largest absolute Gasteiger partial charge is 0.385 e. The lowest BCUT2D eigenvalue weighted by molar-refractivity contribution is -0.137. The van der Waals surface area contributed by atoms with E-state index >= 15 is 0 Å². The van der Waals surface area contributed by atoms with Gasteiger partial charge in [0.15, 0.2) is 17.2 Å². The Kier molecular flexibility index (Phi) is 11.3. The Morgan fingerprint density at radius 3 is 2.48 bits per heavy atom. The zero-order valence-corrected chi connectivity index (χ0v) is 33.9. The second-order valence-electron chi connectivity index (χ2n) is 16.4. The van der Waals surface area contributed by atoms with Gasteiger partial charge >= 0.3 is 0 Å². The second-order valence-corrected chi connectivity index (χ2v) is 16.4. The number of hydrogen-bond acceptors (Lipinski definition) is 11. The van der Waals surface area contributed by atoms with Gasteiger partial charge in [-0.2, -0.15) is 0 Å². The monoisotopic (exact) mass is 825 g/mol. The summed E-state index contributed by atoms with van der Waals surface area (Å²) in [6, 6.07) is 21.9. The summed E-state index contributed by atoms with van der Waals surface area (Å²) in [6.45, 7) is 4.12. The lowest BCUT2D eigenvalue weighted by Gasteiger charge is -2.35. The lowest BCUT2D eigenvalue weighted by Crippen LogP contribution is -2.49. The molecule has 314 valence electrons. The van der Waals surface area contributed by atoms with Crippen LogP contribution in [0.15, 0.2) is 79.0 Å². The predicted molar refractivity (Wildman–Crippen MR) is 227 cm³/mol. The summed E-state index contributed by atoms with van der Waals surface area (Å²) in [5.74, 6) is -1.98. The average molecular weight is 826 g/mol. The summed E-state index contributed by atoms with van der Waals surface area (Å²) in [5.41, 5.74) is 4.58. The molecule has 4 aliphatic rings. The van der Waals surface area contributed by atoms with Crippen LogP contribution in [0.1, 0.15) is 90.1 Å². The van der Waals surface area contributed by atoms with Crippen molar-refractivity contribution in [3.05, 3.63) is 102 Å². The van der Waals surface area contributed by atoms with Crippen molar-refractivity contribution in [1.82, 2.24) is 29.8 Å². The van der Waals surface area contributed by atoms with E-state index in [9.17, 15) is 28.4 Å². The number of aromatic nitrogens is 4. The number of carbonyl (C=O) groups is 5. The van der Waals surface area contributed by atoms with Gasteiger partial charge in [0, 0.05) is 68.9 Å². The molecule has 3 aromatic heterocycles. The molecule has 0 radical (unpaired) electrons. The summed E-state index contributed by atoms with van der Waals surface area (Å²) < 4.78 is 15.9. The molecule has 3 amide bonds. The Labute approximate surface area is 352 Å². The fourth-order valence-corrected chi connectivity index (χ4v) is 9.29. The fourth-order valence-electron chi connectivity index (χ4n) is 9.29. The number of Topliss-reactive ketones (excluding diaryl/α,β-unsaturated/α-hetero) is 2. The number of piperidine rings is 1. The number of carbonyl (C=O) groups excluding carboxylic acids is 5. The number of piperazine rings is 1. The predicted octanol–water partition coefficient (Wildman–Crippen LogP) is 6.03. The number of amides is 3. The molecule has 0 spiro atoms. The van der Waals surface area contributed by atoms with Crippen molar-refractivity contribution in [2.24, 2.45) is 11.8 Å². The Morgan fingerprint density at radius 1 is 0.820 bits per heavy atom. The Hall–Kier alpha value is -6.51. The quantitative estimate of drug-likeness (QED) is 0.0810. The van der Waals surface area contributed by atoms with E-state index in [1.807, 2.05) is 45.8 Å². The van der Waals surface area contributed by atoms with Crippen LogP contribution in [-0.2, 0) is 14.4 Å². The van der Waals surface area contributed by atoms with Crippen molar-refractivity contribution >= 4 is 52.3 Å². The number of fused-ring (bicyclic) bond motifs is 2. The molecule has 5 aromatic rings. The third kappa shape index (κ3) is 8.20. The van der Waals surface area contributed by atoms with Gasteiger partial charge in [-0.3, -0.25) is 29.3 Å². The van der Waals surface area contributed by atoms with Crippen LogP contribution >= 0.6 is 0 Å². The van der Waals surface area contributed by atoms with Crippen molar-refractivity contribution in [3.8, 4) is 11.4 Å². The topological polar surface area (TPSA) is 162 Å². The number of imidazole rings is 1. The average Bonchev–Trinajstić information content (AvgIpc) is 4.00. The minimum atomic E-state index is -1.08. The highest BCUT2D eigenvalue weighted by Crippen LogP contribution is 2.37. The SMILES string of the molecule is O=C1CCC(C2C(=O)c3ccc(NCCCCCCC(=O)N4CCN(c5cccc(-c6cnc7ccc(N8CCCC8c8cccc(F)c8)nn67)n5)CC4)cc3C2=O)C(=O)N1. The van der Waals surface area contributed by atoms with Crippen LogP contribution in [0.4, 0.5) is 21.7 Å². The maximum absolute atomic E-state index is 14.1. The van der Waals surface area contributed by atoms with Gasteiger partial charge in [0.2, 0.25) is 17.7 Å². The highest BCUT2D eigenvalue weighted by molar-refractivity contribution is 6.28. The number of benzene rings is 2. The first-order valence-electron chi connectivity index (χ1n) is 21.4. The summed E-state index contributed by atoms with van der Waals surface area (Å²) in [4.78, 5) is 79.3. The maximum atomic E-state index is 14.1. The van der Waals surface area contributed by atoms with Crippen LogP contribution in [0.3, 0.4) is 0 Å². The fraction of sp³-hybridized carbons (Fsp3) is 0.391. The first-order valence-corrected chi connectivity index (χ1v) is 21.4. The number of hydrogen-bond donors (Lipinski definition) is 2. The van der Waals surface area contributed by atoms with Crippen LogP contribution in [0.2, 0.25) is 0 Å². The minimum absolute atomic E-state index is 0.0496. The molecule has 1 aliphatic carbocycles. The molecular weight excluding hydrogens is 778 g/mol. The van der Waals surface area contributed by atoms with Gasteiger partial charge in [-0.1, -0.05) is 31.0 Å². The Morgan fingerprint density at radius 2 is 1.64 bits per heavy atom. The van der Waals surface area contributed by atoms with E-state index < -0.39 is 17.7 Å². The van der Waals surface area contributed by atoms with Crippen molar-refractivity contribution in [2.75, 3.05) is 54.4 Å². The van der Waals surface area contributed by atoms with Crippen molar-refractivity contribution in [2.45, 2.75) is 63.8 Å². The zero-order chi connectivity index (χ0) is 42.0. The molecule has 14 nitrogen and oxygen atoms in total. The van der Waals surface area contributed by atoms with Gasteiger partial charge in [-0.15, -0.1) is 5.10 Å². The second kappa shape index (κ2) is 17.2. The molecular formula is C46H48FN9O5. The van der Waals surface area contributed by atoms with Gasteiger partial charge in [-0.05, 0) is 92.3 Å². The highest BCUT2D eigenvalue weighted by atomic mass is 19.1. The van der Waals surface area contributed by atoms with Crippen LogP contribution in [0.5, 0.6) is 0 Å². The van der Waals surface area contributed by atoms with Gasteiger partial charge in [0.25, 0.3) is 0 Å². The Balaban J connectivity index is 0.721. The molecule has 0 bridgehead atoms. The van der Waals surface area contributed by atoms with Gasteiger partial charge in [0.1, 0.15) is 23.1 Å².